The van der Waals surface area contributed by atoms with Gasteiger partial charge in [-0.3, -0.25) is 9.10 Å². The van der Waals surface area contributed by atoms with E-state index in [0.29, 0.717) is 11.4 Å². The van der Waals surface area contributed by atoms with Gasteiger partial charge in [0.15, 0.2) is 11.5 Å². The summed E-state index contributed by atoms with van der Waals surface area (Å²) in [7, 11) is -0.00568. The van der Waals surface area contributed by atoms with Crippen molar-refractivity contribution < 1.29 is 27.4 Å². The molecule has 3 aromatic rings. The number of sulfonamides is 1. The zero-order chi connectivity index (χ0) is 26.5. The summed E-state index contributed by atoms with van der Waals surface area (Å²) >= 11 is 6.21. The van der Waals surface area contributed by atoms with Crippen LogP contribution >= 0.6 is 11.6 Å². The smallest absolute Gasteiger partial charge is 0.265 e. The molecule has 0 aliphatic rings. The number of benzene rings is 3. The van der Waals surface area contributed by atoms with Crippen molar-refractivity contribution in [3.63, 3.8) is 0 Å². The molecular weight excluding hydrogens is 504 g/mol. The molecule has 3 rings (SSSR count). The Morgan fingerprint density at radius 3 is 2.19 bits per heavy atom. The molecule has 0 saturated heterocycles. The molecule has 0 fully saturated rings. The molecular formula is C26H29ClN2O6S. The molecule has 0 aromatic heterocycles. The number of hydrogen-bond donors (Lipinski definition) is 1. The van der Waals surface area contributed by atoms with E-state index in [9.17, 15) is 13.2 Å². The van der Waals surface area contributed by atoms with Gasteiger partial charge in [-0.2, -0.15) is 0 Å². The number of para-hydroxylation sites is 1. The Morgan fingerprint density at radius 1 is 0.917 bits per heavy atom. The molecule has 0 aliphatic carbocycles. The quantitative estimate of drug-likeness (QED) is 0.379. The fourth-order valence-electron chi connectivity index (χ4n) is 3.70. The van der Waals surface area contributed by atoms with Gasteiger partial charge in [0.25, 0.3) is 10.0 Å². The highest BCUT2D eigenvalue weighted by molar-refractivity contribution is 7.92. The second-order valence-electron chi connectivity index (χ2n) is 8.13. The molecule has 3 aromatic carbocycles. The molecule has 0 aliphatic heterocycles. The fourth-order valence-corrected chi connectivity index (χ4v) is 5.30. The fraction of sp³-hybridized carbons (Fsp3) is 0.269. The predicted octanol–water partition coefficient (Wildman–Crippen LogP) is 5.32. The molecule has 0 heterocycles. The monoisotopic (exact) mass is 532 g/mol. The average molecular weight is 533 g/mol. The van der Waals surface area contributed by atoms with Crippen LogP contribution in [0.25, 0.3) is 0 Å². The summed E-state index contributed by atoms with van der Waals surface area (Å²) in [5.74, 6) is 0.451. The number of methoxy groups -OCH3 is 3. The van der Waals surface area contributed by atoms with E-state index >= 15 is 0 Å². The van der Waals surface area contributed by atoms with E-state index in [1.54, 1.807) is 24.3 Å². The van der Waals surface area contributed by atoms with E-state index in [-0.39, 0.29) is 33.0 Å². The van der Waals surface area contributed by atoms with Crippen molar-refractivity contribution in [3.8, 4) is 17.2 Å². The molecule has 0 saturated carbocycles. The van der Waals surface area contributed by atoms with Gasteiger partial charge in [0.05, 0.1) is 31.9 Å². The van der Waals surface area contributed by atoms with Crippen molar-refractivity contribution in [2.45, 2.75) is 24.7 Å². The molecule has 1 N–H and O–H groups in total. The Bertz CT molecular complexity index is 1340. The van der Waals surface area contributed by atoms with E-state index in [1.807, 2.05) is 26.0 Å². The summed E-state index contributed by atoms with van der Waals surface area (Å²) in [6.07, 6.45) is 0. The maximum absolute atomic E-state index is 13.9. The highest BCUT2D eigenvalue weighted by Crippen LogP contribution is 2.37. The first-order valence-corrected chi connectivity index (χ1v) is 12.9. The summed E-state index contributed by atoms with van der Waals surface area (Å²) in [5.41, 5.74) is 1.66. The van der Waals surface area contributed by atoms with Gasteiger partial charge in [0.2, 0.25) is 5.91 Å². The van der Waals surface area contributed by atoms with Gasteiger partial charge in [0, 0.05) is 16.8 Å². The first-order chi connectivity index (χ1) is 17.1. The molecule has 8 nitrogen and oxygen atoms in total. The van der Waals surface area contributed by atoms with Gasteiger partial charge < -0.3 is 19.5 Å². The molecule has 0 spiro atoms. The molecule has 0 bridgehead atoms. The van der Waals surface area contributed by atoms with E-state index in [1.165, 1.54) is 45.6 Å². The van der Waals surface area contributed by atoms with Crippen LogP contribution in [0.4, 0.5) is 11.4 Å². The van der Waals surface area contributed by atoms with Gasteiger partial charge >= 0.3 is 0 Å². The van der Waals surface area contributed by atoms with Crippen molar-refractivity contribution in [3.05, 3.63) is 71.2 Å². The summed E-state index contributed by atoms with van der Waals surface area (Å²) in [6, 6.07) is 16.1. The van der Waals surface area contributed by atoms with Gasteiger partial charge in [0.1, 0.15) is 12.3 Å². The Balaban J connectivity index is 2.09. The van der Waals surface area contributed by atoms with Crippen molar-refractivity contribution in [1.29, 1.82) is 0 Å². The highest BCUT2D eigenvalue weighted by Gasteiger charge is 2.31. The molecule has 192 valence electrons. The highest BCUT2D eigenvalue weighted by atomic mass is 35.5. The van der Waals surface area contributed by atoms with E-state index in [0.717, 1.165) is 9.87 Å². The van der Waals surface area contributed by atoms with Crippen LogP contribution in [0.1, 0.15) is 25.3 Å². The van der Waals surface area contributed by atoms with Crippen LogP contribution < -0.4 is 23.8 Å². The lowest BCUT2D eigenvalue weighted by Crippen LogP contribution is -2.38. The average Bonchev–Trinajstić information content (AvgIpc) is 2.86. The number of amides is 1. The molecule has 1 amide bonds. The number of ether oxygens (including phenoxy) is 3. The zero-order valence-electron chi connectivity index (χ0n) is 20.7. The zero-order valence-corrected chi connectivity index (χ0v) is 22.3. The van der Waals surface area contributed by atoms with Crippen molar-refractivity contribution >= 4 is 38.9 Å². The summed E-state index contributed by atoms with van der Waals surface area (Å²) in [4.78, 5) is 13.1. The molecule has 0 radical (unpaired) electrons. The SMILES string of the molecule is COc1ccc(S(=O)(=O)N(CC(=O)Nc2ccccc2C(C)C)c2cc(Cl)ccc2OC)cc1OC. The third-order valence-corrected chi connectivity index (χ3v) is 7.49. The number of halogens is 1. The summed E-state index contributed by atoms with van der Waals surface area (Å²) in [6.45, 7) is 3.49. The predicted molar refractivity (Wildman–Crippen MR) is 141 cm³/mol. The van der Waals surface area contributed by atoms with Crippen molar-refractivity contribution in [2.24, 2.45) is 0 Å². The van der Waals surface area contributed by atoms with Crippen LogP contribution in [0.3, 0.4) is 0 Å². The lowest BCUT2D eigenvalue weighted by atomic mass is 10.0. The summed E-state index contributed by atoms with van der Waals surface area (Å²) in [5, 5.41) is 3.13. The number of nitrogens with zero attached hydrogens (tertiary/aromatic N) is 1. The van der Waals surface area contributed by atoms with Crippen LogP contribution in [0, 0.1) is 0 Å². The van der Waals surface area contributed by atoms with Gasteiger partial charge in [-0.25, -0.2) is 8.42 Å². The third kappa shape index (κ3) is 5.85. The largest absolute Gasteiger partial charge is 0.495 e. The minimum absolute atomic E-state index is 0.0995. The first-order valence-electron chi connectivity index (χ1n) is 11.1. The maximum atomic E-state index is 13.9. The molecule has 10 heteroatoms. The number of hydrogen-bond acceptors (Lipinski definition) is 6. The van der Waals surface area contributed by atoms with Crippen LogP contribution in [0.5, 0.6) is 17.2 Å². The van der Waals surface area contributed by atoms with E-state index in [4.69, 9.17) is 25.8 Å². The Morgan fingerprint density at radius 2 is 1.56 bits per heavy atom. The van der Waals surface area contributed by atoms with Crippen LogP contribution in [0.2, 0.25) is 5.02 Å². The number of rotatable bonds is 10. The molecule has 0 unspecified atom stereocenters. The Kier molecular flexibility index (Phi) is 8.70. The number of nitrogens with one attached hydrogen (secondary N) is 1. The van der Waals surface area contributed by atoms with Crippen molar-refractivity contribution in [2.75, 3.05) is 37.5 Å². The topological polar surface area (TPSA) is 94.2 Å². The Hall–Kier alpha value is -3.43. The van der Waals surface area contributed by atoms with Crippen LogP contribution in [-0.2, 0) is 14.8 Å². The minimum Gasteiger partial charge on any atom is -0.495 e. The summed E-state index contributed by atoms with van der Waals surface area (Å²) < 4.78 is 44.7. The van der Waals surface area contributed by atoms with Gasteiger partial charge in [-0.1, -0.05) is 43.6 Å². The maximum Gasteiger partial charge on any atom is 0.265 e. The lowest BCUT2D eigenvalue weighted by Gasteiger charge is -2.26. The molecule has 36 heavy (non-hydrogen) atoms. The third-order valence-electron chi connectivity index (χ3n) is 5.50. The van der Waals surface area contributed by atoms with E-state index < -0.39 is 22.5 Å². The van der Waals surface area contributed by atoms with Gasteiger partial charge in [-0.15, -0.1) is 0 Å². The van der Waals surface area contributed by atoms with Crippen LogP contribution in [0.15, 0.2) is 65.6 Å². The minimum atomic E-state index is -4.28. The van der Waals surface area contributed by atoms with Gasteiger partial charge in [-0.05, 0) is 47.9 Å². The number of anilines is 2. The number of carbonyl (C=O) groups excluding carboxylic acids is 1. The standard InChI is InChI=1S/C26H29ClN2O6S/c1-17(2)20-8-6-7-9-21(20)28-26(30)16-29(22-14-18(27)10-12-23(22)33-3)36(31,32)19-11-13-24(34-4)25(15-19)35-5/h6-15,17H,16H2,1-5H3,(H,28,30). The normalized spacial score (nSPS) is 11.2. The van der Waals surface area contributed by atoms with Crippen molar-refractivity contribution in [1.82, 2.24) is 0 Å². The second-order valence-corrected chi connectivity index (χ2v) is 10.4. The molecule has 0 atom stereocenters. The Labute approximate surface area is 216 Å². The second kappa shape index (κ2) is 11.5. The van der Waals surface area contributed by atoms with Crippen LogP contribution in [-0.4, -0.2) is 42.2 Å². The number of carbonyl (C=O) groups is 1. The lowest BCUT2D eigenvalue weighted by molar-refractivity contribution is -0.114. The van der Waals surface area contributed by atoms with E-state index in [2.05, 4.69) is 5.32 Å². The first kappa shape index (κ1) is 27.2.